The minimum Gasteiger partial charge on any atom is -0.544 e. The molecule has 1 aromatic heterocycles. The van der Waals surface area contributed by atoms with Gasteiger partial charge in [-0.3, -0.25) is 4.99 Å². The average Bonchev–Trinajstić information content (AvgIpc) is 2.75. The second-order valence-corrected chi connectivity index (χ2v) is 10.9. The number of aliphatic imine (C=N–C) groups is 1. The summed E-state index contributed by atoms with van der Waals surface area (Å²) in [5.74, 6) is 1.01. The molecule has 2 aromatic rings. The van der Waals surface area contributed by atoms with Crippen LogP contribution in [0.1, 0.15) is 17.0 Å². The van der Waals surface area contributed by atoms with Crippen molar-refractivity contribution < 1.29 is 4.43 Å². The number of aromatic nitrogens is 2. The van der Waals surface area contributed by atoms with Crippen molar-refractivity contribution in [2.75, 3.05) is 6.54 Å². The highest BCUT2D eigenvalue weighted by Crippen LogP contribution is 2.22. The molecule has 22 heavy (non-hydrogen) atoms. The van der Waals surface area contributed by atoms with Gasteiger partial charge in [-0.15, -0.1) is 0 Å². The minimum absolute atomic E-state index is 0.738. The highest BCUT2D eigenvalue weighted by atomic mass is 28.4. The molecule has 1 aromatic carbocycles. The van der Waals surface area contributed by atoms with Crippen LogP contribution in [0, 0.1) is 6.92 Å². The van der Waals surface area contributed by atoms with E-state index in [0.717, 1.165) is 30.1 Å². The van der Waals surface area contributed by atoms with Crippen LogP contribution >= 0.6 is 0 Å². The molecule has 0 fully saturated rings. The third-order valence-electron chi connectivity index (χ3n) is 3.38. The van der Waals surface area contributed by atoms with Gasteiger partial charge in [-0.2, -0.15) is 0 Å². The van der Waals surface area contributed by atoms with Crippen molar-refractivity contribution in [2.24, 2.45) is 12.0 Å². The molecule has 0 aliphatic carbocycles. The first-order valence-electron chi connectivity index (χ1n) is 7.61. The molecule has 0 saturated heterocycles. The Balaban J connectivity index is 1.99. The van der Waals surface area contributed by atoms with Crippen LogP contribution in [0.5, 0.6) is 5.75 Å². The van der Waals surface area contributed by atoms with E-state index in [9.17, 15) is 0 Å². The number of para-hydroxylation sites is 1. The van der Waals surface area contributed by atoms with E-state index in [1.54, 1.807) is 0 Å². The lowest BCUT2D eigenvalue weighted by Gasteiger charge is -2.21. The fourth-order valence-electron chi connectivity index (χ4n) is 2.11. The summed E-state index contributed by atoms with van der Waals surface area (Å²) in [7, 11) is 0.404. The van der Waals surface area contributed by atoms with Crippen LogP contribution in [0.25, 0.3) is 0 Å². The van der Waals surface area contributed by atoms with Crippen LogP contribution < -0.4 is 4.43 Å². The second kappa shape index (κ2) is 6.92. The summed E-state index contributed by atoms with van der Waals surface area (Å²) in [4.78, 5) is 8.82. The van der Waals surface area contributed by atoms with Crippen LogP contribution in [-0.2, 0) is 13.5 Å². The molecule has 0 aliphatic heterocycles. The molecule has 0 bridgehead atoms. The Kier molecular flexibility index (Phi) is 5.18. The Hall–Kier alpha value is -1.88. The van der Waals surface area contributed by atoms with Crippen molar-refractivity contribution in [1.29, 1.82) is 0 Å². The van der Waals surface area contributed by atoms with E-state index in [1.807, 2.05) is 37.1 Å². The summed E-state index contributed by atoms with van der Waals surface area (Å²) in [6.45, 7) is 9.39. The van der Waals surface area contributed by atoms with Crippen molar-refractivity contribution >= 4 is 14.5 Å². The Labute approximate surface area is 134 Å². The van der Waals surface area contributed by atoms with Crippen molar-refractivity contribution in [3.8, 4) is 5.75 Å². The maximum Gasteiger partial charge on any atom is 0.242 e. The van der Waals surface area contributed by atoms with Gasteiger partial charge < -0.3 is 8.99 Å². The Bertz CT molecular complexity index is 656. The topological polar surface area (TPSA) is 39.4 Å². The van der Waals surface area contributed by atoms with Crippen LogP contribution in [0.2, 0.25) is 19.6 Å². The third kappa shape index (κ3) is 4.56. The predicted molar refractivity (Wildman–Crippen MR) is 94.5 cm³/mol. The van der Waals surface area contributed by atoms with Gasteiger partial charge >= 0.3 is 0 Å². The molecule has 1 heterocycles. The predicted octanol–water partition coefficient (Wildman–Crippen LogP) is 3.60. The Morgan fingerprint density at radius 1 is 1.27 bits per heavy atom. The van der Waals surface area contributed by atoms with E-state index in [1.165, 1.54) is 5.56 Å². The molecular weight excluding hydrogens is 290 g/mol. The molecule has 0 N–H and O–H groups in total. The van der Waals surface area contributed by atoms with E-state index in [0.29, 0.717) is 0 Å². The van der Waals surface area contributed by atoms with Gasteiger partial charge in [0.05, 0.1) is 6.33 Å². The largest absolute Gasteiger partial charge is 0.544 e. The first kappa shape index (κ1) is 16.5. The molecule has 4 nitrogen and oxygen atoms in total. The van der Waals surface area contributed by atoms with E-state index in [2.05, 4.69) is 47.8 Å². The lowest BCUT2D eigenvalue weighted by atomic mass is 10.1. The van der Waals surface area contributed by atoms with Gasteiger partial charge in [0.1, 0.15) is 11.4 Å². The molecule has 2 rings (SSSR count). The lowest BCUT2D eigenvalue weighted by molar-refractivity contribution is 0.549. The summed E-state index contributed by atoms with van der Waals surface area (Å²) < 4.78 is 8.14. The van der Waals surface area contributed by atoms with E-state index in [4.69, 9.17) is 4.43 Å². The zero-order valence-electron chi connectivity index (χ0n) is 14.1. The molecule has 0 amide bonds. The molecule has 5 heteroatoms. The number of rotatable bonds is 6. The molecule has 0 radical (unpaired) electrons. The number of nitrogens with zero attached hydrogens (tertiary/aromatic N) is 3. The Morgan fingerprint density at radius 2 is 2.00 bits per heavy atom. The highest BCUT2D eigenvalue weighted by molar-refractivity contribution is 6.70. The van der Waals surface area contributed by atoms with Crippen molar-refractivity contribution in [3.05, 3.63) is 47.5 Å². The number of hydrogen-bond acceptors (Lipinski definition) is 3. The SMILES string of the molecule is Cc1c(C=NCCc2ccccc2O[Si](C)(C)C)ncn1C. The van der Waals surface area contributed by atoms with E-state index < -0.39 is 8.32 Å². The molecule has 0 unspecified atom stereocenters. The second-order valence-electron chi connectivity index (χ2n) is 6.43. The standard InChI is InChI=1S/C17H25N3OSi/c1-14-16(19-13-20(14)2)12-18-11-10-15-8-6-7-9-17(15)21-22(3,4)5/h6-9,12-13H,10-11H2,1-5H3. The summed E-state index contributed by atoms with van der Waals surface area (Å²) in [6.07, 6.45) is 4.55. The Morgan fingerprint density at radius 3 is 2.64 bits per heavy atom. The molecule has 0 saturated carbocycles. The van der Waals surface area contributed by atoms with Gasteiger partial charge in [0.25, 0.3) is 0 Å². The smallest absolute Gasteiger partial charge is 0.242 e. The zero-order valence-corrected chi connectivity index (χ0v) is 15.1. The average molecular weight is 315 g/mol. The van der Waals surface area contributed by atoms with Gasteiger partial charge in [0, 0.05) is 25.5 Å². The van der Waals surface area contributed by atoms with Crippen LogP contribution in [0.4, 0.5) is 0 Å². The quantitative estimate of drug-likeness (QED) is 0.603. The maximum atomic E-state index is 6.14. The number of aryl methyl sites for hydroxylation is 1. The van der Waals surface area contributed by atoms with Crippen molar-refractivity contribution in [2.45, 2.75) is 33.0 Å². The fraction of sp³-hybridized carbons (Fsp3) is 0.412. The monoisotopic (exact) mass is 315 g/mol. The summed E-state index contributed by atoms with van der Waals surface area (Å²) >= 11 is 0. The number of benzene rings is 1. The fourth-order valence-corrected chi connectivity index (χ4v) is 2.97. The van der Waals surface area contributed by atoms with Crippen molar-refractivity contribution in [1.82, 2.24) is 9.55 Å². The minimum atomic E-state index is -1.59. The van der Waals surface area contributed by atoms with E-state index >= 15 is 0 Å². The normalized spacial score (nSPS) is 12.0. The first-order chi connectivity index (χ1) is 10.4. The third-order valence-corrected chi connectivity index (χ3v) is 4.21. The van der Waals surface area contributed by atoms with E-state index in [-0.39, 0.29) is 0 Å². The van der Waals surface area contributed by atoms with Crippen LogP contribution in [0.3, 0.4) is 0 Å². The molecule has 0 atom stereocenters. The van der Waals surface area contributed by atoms with Gasteiger partial charge in [-0.25, -0.2) is 4.98 Å². The molecule has 0 aliphatic rings. The van der Waals surface area contributed by atoms with Crippen LogP contribution in [-0.4, -0.2) is 30.6 Å². The summed E-state index contributed by atoms with van der Waals surface area (Å²) in [5.41, 5.74) is 3.29. The van der Waals surface area contributed by atoms with Gasteiger partial charge in [-0.05, 0) is 44.6 Å². The number of hydrogen-bond donors (Lipinski definition) is 0. The molecule has 118 valence electrons. The van der Waals surface area contributed by atoms with Gasteiger partial charge in [-0.1, -0.05) is 18.2 Å². The molecule has 0 spiro atoms. The lowest BCUT2D eigenvalue weighted by Crippen LogP contribution is -2.29. The van der Waals surface area contributed by atoms with Crippen molar-refractivity contribution in [3.63, 3.8) is 0 Å². The first-order valence-corrected chi connectivity index (χ1v) is 11.0. The van der Waals surface area contributed by atoms with Gasteiger partial charge in [0.15, 0.2) is 0 Å². The number of imidazole rings is 1. The molecular formula is C17H25N3OSi. The van der Waals surface area contributed by atoms with Gasteiger partial charge in [0.2, 0.25) is 8.32 Å². The summed E-state index contributed by atoms with van der Waals surface area (Å²) in [5, 5.41) is 0. The zero-order chi connectivity index (χ0) is 16.2. The highest BCUT2D eigenvalue weighted by Gasteiger charge is 2.17. The van der Waals surface area contributed by atoms with Crippen LogP contribution in [0.15, 0.2) is 35.6 Å². The maximum absolute atomic E-state index is 6.14. The summed E-state index contributed by atoms with van der Waals surface area (Å²) in [6, 6.07) is 8.26.